The fraction of sp³-hybridized carbons (Fsp3) is 0.714. The zero-order valence-corrected chi connectivity index (χ0v) is 12.3. The summed E-state index contributed by atoms with van der Waals surface area (Å²) in [5.41, 5.74) is 2.25. The van der Waals surface area contributed by atoms with Gasteiger partial charge in [-0.1, -0.05) is 20.8 Å². The van der Waals surface area contributed by atoms with Crippen LogP contribution in [0, 0.1) is 12.8 Å². The Labute approximate surface area is 111 Å². The summed E-state index contributed by atoms with van der Waals surface area (Å²) in [5.74, 6) is 1.49. The minimum atomic E-state index is 0.668. The van der Waals surface area contributed by atoms with Crippen LogP contribution < -0.4 is 10.2 Å². The van der Waals surface area contributed by atoms with Crippen LogP contribution in [0.2, 0.25) is 0 Å². The van der Waals surface area contributed by atoms with Gasteiger partial charge in [-0.05, 0) is 25.8 Å². The molecule has 1 aromatic heterocycles. The van der Waals surface area contributed by atoms with Gasteiger partial charge in [-0.25, -0.2) is 9.97 Å². The third kappa shape index (κ3) is 4.61. The van der Waals surface area contributed by atoms with E-state index in [0.717, 1.165) is 37.7 Å². The Hall–Kier alpha value is -1.16. The largest absolute Gasteiger partial charge is 0.344 e. The normalized spacial score (nSPS) is 11.0. The first kappa shape index (κ1) is 14.9. The third-order valence-corrected chi connectivity index (χ3v) is 2.84. The van der Waals surface area contributed by atoms with Gasteiger partial charge in [0.1, 0.15) is 0 Å². The van der Waals surface area contributed by atoms with Crippen molar-refractivity contribution in [1.82, 2.24) is 15.3 Å². The van der Waals surface area contributed by atoms with E-state index in [-0.39, 0.29) is 0 Å². The Morgan fingerprint density at radius 1 is 1.39 bits per heavy atom. The van der Waals surface area contributed by atoms with Crippen molar-refractivity contribution in [2.75, 3.05) is 25.0 Å². The first-order valence-corrected chi connectivity index (χ1v) is 6.79. The average molecular weight is 250 g/mol. The molecular weight excluding hydrogens is 224 g/mol. The fourth-order valence-corrected chi connectivity index (χ4v) is 1.77. The Kier molecular flexibility index (Phi) is 6.05. The number of hydrogen-bond donors (Lipinski definition) is 1. The van der Waals surface area contributed by atoms with Gasteiger partial charge >= 0.3 is 0 Å². The lowest BCUT2D eigenvalue weighted by atomic mass is 10.2. The van der Waals surface area contributed by atoms with Crippen molar-refractivity contribution < 1.29 is 0 Å². The minimum Gasteiger partial charge on any atom is -0.344 e. The van der Waals surface area contributed by atoms with E-state index in [1.165, 1.54) is 5.56 Å². The number of hydrogen-bond acceptors (Lipinski definition) is 4. The Morgan fingerprint density at radius 3 is 2.67 bits per heavy atom. The molecule has 0 aliphatic rings. The maximum absolute atomic E-state index is 4.56. The summed E-state index contributed by atoms with van der Waals surface area (Å²) in [6, 6.07) is 0. The summed E-state index contributed by atoms with van der Waals surface area (Å²) in [6.07, 6.45) is 3.05. The highest BCUT2D eigenvalue weighted by molar-refractivity contribution is 5.31. The predicted molar refractivity (Wildman–Crippen MR) is 76.9 cm³/mol. The lowest BCUT2D eigenvalue weighted by molar-refractivity contribution is 0.550. The van der Waals surface area contributed by atoms with Gasteiger partial charge in [-0.2, -0.15) is 0 Å². The lowest BCUT2D eigenvalue weighted by Crippen LogP contribution is -2.23. The van der Waals surface area contributed by atoms with Crippen molar-refractivity contribution in [2.24, 2.45) is 5.92 Å². The quantitative estimate of drug-likeness (QED) is 0.806. The van der Waals surface area contributed by atoms with Crippen LogP contribution in [0.25, 0.3) is 0 Å². The van der Waals surface area contributed by atoms with Crippen molar-refractivity contribution >= 4 is 5.95 Å². The SMILES string of the molecule is CCCN(C)c1ncc(CNCC(C)C)c(C)n1. The van der Waals surface area contributed by atoms with Gasteiger partial charge in [0.05, 0.1) is 0 Å². The van der Waals surface area contributed by atoms with Crippen LogP contribution in [0.5, 0.6) is 0 Å². The highest BCUT2D eigenvalue weighted by Gasteiger charge is 2.06. The van der Waals surface area contributed by atoms with Gasteiger partial charge in [0.15, 0.2) is 0 Å². The Balaban J connectivity index is 2.62. The van der Waals surface area contributed by atoms with Crippen LogP contribution >= 0.6 is 0 Å². The maximum atomic E-state index is 4.56. The molecule has 0 aliphatic heterocycles. The van der Waals surface area contributed by atoms with Gasteiger partial charge in [0.2, 0.25) is 5.95 Å². The molecule has 102 valence electrons. The van der Waals surface area contributed by atoms with Gasteiger partial charge in [0.25, 0.3) is 0 Å². The number of aryl methyl sites for hydroxylation is 1. The van der Waals surface area contributed by atoms with Crippen molar-refractivity contribution in [2.45, 2.75) is 40.7 Å². The molecule has 0 radical (unpaired) electrons. The second-order valence-corrected chi connectivity index (χ2v) is 5.23. The summed E-state index contributed by atoms with van der Waals surface area (Å²) in [5, 5.41) is 3.42. The predicted octanol–water partition coefficient (Wildman–Crippen LogP) is 2.38. The molecule has 0 saturated heterocycles. The smallest absolute Gasteiger partial charge is 0.225 e. The van der Waals surface area contributed by atoms with Gasteiger partial charge < -0.3 is 10.2 Å². The molecule has 4 nitrogen and oxygen atoms in total. The van der Waals surface area contributed by atoms with Crippen LogP contribution in [0.3, 0.4) is 0 Å². The Bertz CT molecular complexity index is 363. The van der Waals surface area contributed by atoms with Crippen molar-refractivity contribution in [3.8, 4) is 0 Å². The summed E-state index contributed by atoms with van der Waals surface area (Å²) < 4.78 is 0. The van der Waals surface area contributed by atoms with Crippen LogP contribution in [0.15, 0.2) is 6.20 Å². The van der Waals surface area contributed by atoms with Gasteiger partial charge in [0, 0.05) is 37.6 Å². The molecule has 1 N–H and O–H groups in total. The molecule has 0 spiro atoms. The maximum Gasteiger partial charge on any atom is 0.225 e. The van der Waals surface area contributed by atoms with Gasteiger partial charge in [-0.15, -0.1) is 0 Å². The van der Waals surface area contributed by atoms with E-state index < -0.39 is 0 Å². The van der Waals surface area contributed by atoms with Gasteiger partial charge in [-0.3, -0.25) is 0 Å². The number of rotatable bonds is 7. The van der Waals surface area contributed by atoms with Crippen molar-refractivity contribution in [3.63, 3.8) is 0 Å². The number of nitrogens with zero attached hydrogens (tertiary/aromatic N) is 3. The molecule has 0 aromatic carbocycles. The van der Waals surface area contributed by atoms with E-state index in [4.69, 9.17) is 0 Å². The number of aromatic nitrogens is 2. The van der Waals surface area contributed by atoms with E-state index in [0.29, 0.717) is 5.92 Å². The molecular formula is C14H26N4. The monoisotopic (exact) mass is 250 g/mol. The molecule has 0 atom stereocenters. The molecule has 0 fully saturated rings. The third-order valence-electron chi connectivity index (χ3n) is 2.84. The molecule has 1 heterocycles. The summed E-state index contributed by atoms with van der Waals surface area (Å²) in [6.45, 7) is 11.5. The molecule has 1 rings (SSSR count). The molecule has 0 amide bonds. The summed E-state index contributed by atoms with van der Waals surface area (Å²) in [4.78, 5) is 11.1. The first-order valence-electron chi connectivity index (χ1n) is 6.79. The van der Waals surface area contributed by atoms with Crippen LogP contribution in [0.4, 0.5) is 5.95 Å². The fourth-order valence-electron chi connectivity index (χ4n) is 1.77. The lowest BCUT2D eigenvalue weighted by Gasteiger charge is -2.17. The standard InChI is InChI=1S/C14H26N4/c1-6-7-18(5)14-16-10-13(12(4)17-14)9-15-8-11(2)3/h10-11,15H,6-9H2,1-5H3. The van der Waals surface area contributed by atoms with E-state index >= 15 is 0 Å². The van der Waals surface area contributed by atoms with Crippen LogP contribution in [-0.4, -0.2) is 30.1 Å². The first-order chi connectivity index (χ1) is 8.54. The molecule has 0 aliphatic carbocycles. The number of anilines is 1. The number of nitrogens with one attached hydrogen (secondary N) is 1. The molecule has 18 heavy (non-hydrogen) atoms. The molecule has 1 aromatic rings. The molecule has 0 bridgehead atoms. The molecule has 0 unspecified atom stereocenters. The molecule has 4 heteroatoms. The van der Waals surface area contributed by atoms with Crippen LogP contribution in [-0.2, 0) is 6.54 Å². The van der Waals surface area contributed by atoms with Crippen molar-refractivity contribution in [1.29, 1.82) is 0 Å². The second-order valence-electron chi connectivity index (χ2n) is 5.23. The topological polar surface area (TPSA) is 41.1 Å². The van der Waals surface area contributed by atoms with E-state index in [9.17, 15) is 0 Å². The zero-order valence-electron chi connectivity index (χ0n) is 12.3. The average Bonchev–Trinajstić information content (AvgIpc) is 2.31. The highest BCUT2D eigenvalue weighted by atomic mass is 15.2. The summed E-state index contributed by atoms with van der Waals surface area (Å²) >= 11 is 0. The van der Waals surface area contributed by atoms with E-state index in [1.54, 1.807) is 0 Å². The van der Waals surface area contributed by atoms with E-state index in [1.807, 2.05) is 13.2 Å². The van der Waals surface area contributed by atoms with E-state index in [2.05, 4.69) is 47.9 Å². The highest BCUT2D eigenvalue weighted by Crippen LogP contribution is 2.10. The van der Waals surface area contributed by atoms with Crippen molar-refractivity contribution in [3.05, 3.63) is 17.5 Å². The minimum absolute atomic E-state index is 0.668. The summed E-state index contributed by atoms with van der Waals surface area (Å²) in [7, 11) is 2.04. The Morgan fingerprint density at radius 2 is 2.11 bits per heavy atom. The zero-order chi connectivity index (χ0) is 13.5. The van der Waals surface area contributed by atoms with Crippen LogP contribution in [0.1, 0.15) is 38.4 Å². The molecule has 0 saturated carbocycles. The second kappa shape index (κ2) is 7.31.